The summed E-state index contributed by atoms with van der Waals surface area (Å²) in [5.74, 6) is -0.0773. The molecule has 2 heterocycles. The Morgan fingerprint density at radius 3 is 2.80 bits per heavy atom. The van der Waals surface area contributed by atoms with Gasteiger partial charge in [0.15, 0.2) is 10.7 Å². The van der Waals surface area contributed by atoms with Crippen molar-refractivity contribution in [2.24, 2.45) is 10.8 Å². The lowest BCUT2D eigenvalue weighted by Gasteiger charge is -2.08. The van der Waals surface area contributed by atoms with Crippen LogP contribution in [-0.2, 0) is 0 Å². The number of nitrogens with two attached hydrogens (primary N) is 1. The number of phenolic OH excluding ortho intramolecular Hbond substituents is 1. The zero-order valence-electron chi connectivity index (χ0n) is 15.9. The SMILES string of the molecule is Cc1cc(=O)oc2c(-c3nn(-c4ccccc4)cc3C=NNC(N)=S)c(O)ccc12. The molecule has 9 heteroatoms. The average Bonchev–Trinajstić information content (AvgIpc) is 3.11. The van der Waals surface area contributed by atoms with Crippen LogP contribution in [0.2, 0.25) is 0 Å². The molecule has 0 aliphatic rings. The number of nitrogens with zero attached hydrogens (tertiary/aromatic N) is 3. The van der Waals surface area contributed by atoms with Crippen LogP contribution in [0.4, 0.5) is 0 Å². The summed E-state index contributed by atoms with van der Waals surface area (Å²) in [6.45, 7) is 1.80. The molecule has 8 nitrogen and oxygen atoms in total. The third kappa shape index (κ3) is 3.65. The maximum absolute atomic E-state index is 12.0. The molecule has 2 aromatic carbocycles. The van der Waals surface area contributed by atoms with E-state index in [1.165, 1.54) is 12.3 Å². The predicted molar refractivity (Wildman–Crippen MR) is 119 cm³/mol. The van der Waals surface area contributed by atoms with E-state index >= 15 is 0 Å². The largest absolute Gasteiger partial charge is 0.507 e. The number of hydrogen-bond acceptors (Lipinski definition) is 6. The highest BCUT2D eigenvalue weighted by Gasteiger charge is 2.20. The minimum atomic E-state index is -0.514. The molecule has 0 saturated heterocycles. The second-order valence-electron chi connectivity index (χ2n) is 6.53. The lowest BCUT2D eigenvalue weighted by molar-refractivity contribution is 0.475. The predicted octanol–water partition coefficient (Wildman–Crippen LogP) is 2.83. The van der Waals surface area contributed by atoms with E-state index < -0.39 is 5.63 Å². The molecule has 0 atom stereocenters. The van der Waals surface area contributed by atoms with E-state index in [1.54, 1.807) is 29.9 Å². The van der Waals surface area contributed by atoms with Crippen LogP contribution in [0, 0.1) is 6.92 Å². The van der Waals surface area contributed by atoms with Gasteiger partial charge in [0.2, 0.25) is 0 Å². The summed E-state index contributed by atoms with van der Waals surface area (Å²) in [4.78, 5) is 12.0. The first-order valence-corrected chi connectivity index (χ1v) is 9.35. The average molecular weight is 419 g/mol. The number of fused-ring (bicyclic) bond motifs is 1. The number of benzene rings is 2. The van der Waals surface area contributed by atoms with Gasteiger partial charge in [0, 0.05) is 23.2 Å². The summed E-state index contributed by atoms with van der Waals surface area (Å²) in [5.41, 5.74) is 10.4. The Morgan fingerprint density at radius 2 is 2.07 bits per heavy atom. The highest BCUT2D eigenvalue weighted by molar-refractivity contribution is 7.80. The zero-order chi connectivity index (χ0) is 21.3. The fraction of sp³-hybridized carbons (Fsp3) is 0.0476. The molecular weight excluding hydrogens is 402 g/mol. The molecule has 0 radical (unpaired) electrons. The van der Waals surface area contributed by atoms with Crippen molar-refractivity contribution in [2.45, 2.75) is 6.92 Å². The maximum atomic E-state index is 12.0. The lowest BCUT2D eigenvalue weighted by atomic mass is 10.0. The van der Waals surface area contributed by atoms with Crippen LogP contribution >= 0.6 is 12.2 Å². The van der Waals surface area contributed by atoms with Gasteiger partial charge in [-0.1, -0.05) is 18.2 Å². The maximum Gasteiger partial charge on any atom is 0.336 e. The van der Waals surface area contributed by atoms with Crippen LogP contribution in [0.5, 0.6) is 5.75 Å². The minimum absolute atomic E-state index is 0.0119. The summed E-state index contributed by atoms with van der Waals surface area (Å²) in [6, 6.07) is 14.1. The number of hydrogen-bond donors (Lipinski definition) is 3. The van der Waals surface area contributed by atoms with E-state index in [-0.39, 0.29) is 16.4 Å². The summed E-state index contributed by atoms with van der Waals surface area (Å²) in [5, 5.41) is 20.0. The Hall–Kier alpha value is -3.98. The second-order valence-corrected chi connectivity index (χ2v) is 6.97. The van der Waals surface area contributed by atoms with Crippen molar-refractivity contribution >= 4 is 34.5 Å². The second kappa shape index (κ2) is 7.80. The summed E-state index contributed by atoms with van der Waals surface area (Å²) in [7, 11) is 0. The third-order valence-electron chi connectivity index (χ3n) is 4.48. The monoisotopic (exact) mass is 419 g/mol. The normalized spacial score (nSPS) is 11.2. The van der Waals surface area contributed by atoms with E-state index in [9.17, 15) is 9.90 Å². The van der Waals surface area contributed by atoms with Crippen LogP contribution in [0.25, 0.3) is 27.9 Å². The molecule has 4 N–H and O–H groups in total. The fourth-order valence-electron chi connectivity index (χ4n) is 3.16. The Bertz CT molecular complexity index is 1340. The number of aromatic hydroxyl groups is 1. The van der Waals surface area contributed by atoms with Crippen LogP contribution in [0.1, 0.15) is 11.1 Å². The number of rotatable bonds is 4. The van der Waals surface area contributed by atoms with E-state index in [4.69, 9.17) is 22.4 Å². The van der Waals surface area contributed by atoms with Gasteiger partial charge in [-0.15, -0.1) is 0 Å². The fourth-order valence-corrected chi connectivity index (χ4v) is 3.21. The highest BCUT2D eigenvalue weighted by Crippen LogP contribution is 2.37. The first-order valence-electron chi connectivity index (χ1n) is 8.94. The Balaban J connectivity index is 1.99. The van der Waals surface area contributed by atoms with Crippen molar-refractivity contribution in [1.29, 1.82) is 0 Å². The topological polar surface area (TPSA) is 119 Å². The number of para-hydroxylation sites is 1. The summed E-state index contributed by atoms with van der Waals surface area (Å²) >= 11 is 4.77. The van der Waals surface area contributed by atoms with E-state index in [0.717, 1.165) is 11.3 Å². The molecule has 4 aromatic rings. The first-order chi connectivity index (χ1) is 14.4. The van der Waals surface area contributed by atoms with Gasteiger partial charge in [-0.3, -0.25) is 5.43 Å². The number of nitrogens with one attached hydrogen (secondary N) is 1. The van der Waals surface area contributed by atoms with Crippen molar-refractivity contribution in [2.75, 3.05) is 0 Å². The Kier molecular flexibility index (Phi) is 5.03. The highest BCUT2D eigenvalue weighted by atomic mass is 32.1. The molecule has 0 amide bonds. The van der Waals surface area contributed by atoms with Gasteiger partial charge in [0.25, 0.3) is 0 Å². The summed E-state index contributed by atoms with van der Waals surface area (Å²) in [6.07, 6.45) is 3.22. The minimum Gasteiger partial charge on any atom is -0.507 e. The number of aromatic nitrogens is 2. The third-order valence-corrected chi connectivity index (χ3v) is 4.57. The zero-order valence-corrected chi connectivity index (χ0v) is 16.7. The van der Waals surface area contributed by atoms with Gasteiger partial charge in [-0.2, -0.15) is 10.2 Å². The molecule has 0 spiro atoms. The molecule has 30 heavy (non-hydrogen) atoms. The molecule has 0 bridgehead atoms. The van der Waals surface area contributed by atoms with E-state index in [0.29, 0.717) is 22.2 Å². The molecule has 0 unspecified atom stereocenters. The molecule has 0 aliphatic heterocycles. The standard InChI is InChI=1S/C21H17N5O3S/c1-12-9-17(28)29-20-15(12)7-8-16(27)18(20)19-13(10-23-24-21(22)30)11-26(25-19)14-5-3-2-4-6-14/h2-11,27H,1H3,(H3,22,24,30). The number of phenols is 1. The van der Waals surface area contributed by atoms with Crippen LogP contribution in [0.3, 0.4) is 0 Å². The molecule has 0 aliphatic carbocycles. The summed E-state index contributed by atoms with van der Waals surface area (Å²) < 4.78 is 7.10. The van der Waals surface area contributed by atoms with Crippen LogP contribution in [-0.4, -0.2) is 26.2 Å². The molecule has 0 fully saturated rings. The van der Waals surface area contributed by atoms with Crippen LogP contribution < -0.4 is 16.8 Å². The molecule has 4 rings (SSSR count). The van der Waals surface area contributed by atoms with Gasteiger partial charge in [0.1, 0.15) is 11.4 Å². The van der Waals surface area contributed by atoms with Crippen LogP contribution in [0.15, 0.2) is 69.0 Å². The van der Waals surface area contributed by atoms with Crippen molar-refractivity contribution in [1.82, 2.24) is 15.2 Å². The number of thiocarbonyl (C=S) groups is 1. The van der Waals surface area contributed by atoms with Crippen molar-refractivity contribution in [3.8, 4) is 22.7 Å². The number of hydrazone groups is 1. The van der Waals surface area contributed by atoms with Crippen molar-refractivity contribution < 1.29 is 9.52 Å². The van der Waals surface area contributed by atoms with E-state index in [1.807, 2.05) is 30.3 Å². The van der Waals surface area contributed by atoms with Gasteiger partial charge in [0.05, 0.1) is 17.5 Å². The number of aryl methyl sites for hydroxylation is 1. The molecule has 150 valence electrons. The first kappa shape index (κ1) is 19.3. The molecule has 0 saturated carbocycles. The van der Waals surface area contributed by atoms with Gasteiger partial charge >= 0.3 is 5.63 Å². The smallest absolute Gasteiger partial charge is 0.336 e. The Labute approximate surface area is 176 Å². The van der Waals surface area contributed by atoms with Gasteiger partial charge < -0.3 is 15.3 Å². The van der Waals surface area contributed by atoms with E-state index in [2.05, 4.69) is 15.6 Å². The van der Waals surface area contributed by atoms with Gasteiger partial charge in [-0.05, 0) is 49.0 Å². The lowest BCUT2D eigenvalue weighted by Crippen LogP contribution is -2.24. The Morgan fingerprint density at radius 1 is 1.30 bits per heavy atom. The molecular formula is C21H17N5O3S. The van der Waals surface area contributed by atoms with Gasteiger partial charge in [-0.25, -0.2) is 9.48 Å². The quantitative estimate of drug-likeness (QED) is 0.201. The molecule has 2 aromatic heterocycles. The van der Waals surface area contributed by atoms with Crippen molar-refractivity contribution in [3.63, 3.8) is 0 Å². The van der Waals surface area contributed by atoms with Crippen molar-refractivity contribution in [3.05, 3.63) is 76.3 Å².